The molecule has 70 valence electrons. The third-order valence-electron chi connectivity index (χ3n) is 1.93. The van der Waals surface area contributed by atoms with E-state index in [0.29, 0.717) is 0 Å². The van der Waals surface area contributed by atoms with Gasteiger partial charge in [-0.2, -0.15) is 0 Å². The molecule has 14 heavy (non-hydrogen) atoms. The fourth-order valence-corrected chi connectivity index (χ4v) is 1.19. The standard InChI is InChI=1S/C12H10O2/c13-11-5-1-9(2-6-11)10-3-7-12(14)8-4-10/h1-8,13-14H/i5D,7D. The van der Waals surface area contributed by atoms with Crippen LogP contribution >= 0.6 is 0 Å². The van der Waals surface area contributed by atoms with E-state index in [9.17, 15) is 10.2 Å². The lowest BCUT2D eigenvalue weighted by Gasteiger charge is -2.01. The first-order chi connectivity index (χ1) is 7.58. The zero-order chi connectivity index (χ0) is 11.7. The van der Waals surface area contributed by atoms with Crippen molar-refractivity contribution in [1.29, 1.82) is 0 Å². The van der Waals surface area contributed by atoms with Crippen molar-refractivity contribution in [2.45, 2.75) is 0 Å². The number of hydrogen-bond donors (Lipinski definition) is 2. The molecule has 2 rings (SSSR count). The Labute approximate surface area is 84.9 Å². The number of rotatable bonds is 1. The molecule has 0 atom stereocenters. The van der Waals surface area contributed by atoms with Gasteiger partial charge in [0.15, 0.2) is 0 Å². The van der Waals surface area contributed by atoms with E-state index in [1.165, 1.54) is 24.3 Å². The number of phenols is 2. The summed E-state index contributed by atoms with van der Waals surface area (Å²) in [7, 11) is 0. The Morgan fingerprint density at radius 2 is 1.14 bits per heavy atom. The first-order valence-electron chi connectivity index (χ1n) is 5.17. The lowest BCUT2D eigenvalue weighted by atomic mass is 10.1. The Balaban J connectivity index is 2.50. The van der Waals surface area contributed by atoms with Crippen LogP contribution < -0.4 is 0 Å². The van der Waals surface area contributed by atoms with E-state index in [0.717, 1.165) is 11.1 Å². The molecule has 0 bridgehead atoms. The summed E-state index contributed by atoms with van der Waals surface area (Å²) in [6.07, 6.45) is 0. The third kappa shape index (κ3) is 1.69. The minimum Gasteiger partial charge on any atom is -0.508 e. The van der Waals surface area contributed by atoms with Gasteiger partial charge in [0.05, 0.1) is 2.74 Å². The van der Waals surface area contributed by atoms with Crippen LogP contribution in [0.15, 0.2) is 48.5 Å². The van der Waals surface area contributed by atoms with Crippen molar-refractivity contribution in [3.8, 4) is 22.6 Å². The monoisotopic (exact) mass is 188 g/mol. The Morgan fingerprint density at radius 1 is 0.714 bits per heavy atom. The molecule has 0 saturated heterocycles. The Hall–Kier alpha value is -1.96. The lowest BCUT2D eigenvalue weighted by Crippen LogP contribution is -1.75. The smallest absolute Gasteiger partial charge is 0.115 e. The molecule has 0 aromatic heterocycles. The van der Waals surface area contributed by atoms with Gasteiger partial charge in [0.2, 0.25) is 0 Å². The van der Waals surface area contributed by atoms with Crippen LogP contribution in [0.1, 0.15) is 2.74 Å². The van der Waals surface area contributed by atoms with Crippen molar-refractivity contribution in [2.75, 3.05) is 0 Å². The quantitative estimate of drug-likeness (QED) is 0.722. The normalized spacial score (nSPS) is 12.0. The van der Waals surface area contributed by atoms with Gasteiger partial charge in [0.1, 0.15) is 11.5 Å². The molecule has 0 aliphatic rings. The van der Waals surface area contributed by atoms with E-state index in [4.69, 9.17) is 2.74 Å². The highest BCUT2D eigenvalue weighted by molar-refractivity contribution is 5.64. The van der Waals surface area contributed by atoms with E-state index < -0.39 is 0 Å². The van der Waals surface area contributed by atoms with Gasteiger partial charge in [-0.3, -0.25) is 0 Å². The van der Waals surface area contributed by atoms with Crippen LogP contribution in [0.3, 0.4) is 0 Å². The molecule has 2 aromatic carbocycles. The predicted molar refractivity (Wildman–Crippen MR) is 55.2 cm³/mol. The van der Waals surface area contributed by atoms with Crippen LogP contribution in [0.5, 0.6) is 11.5 Å². The third-order valence-corrected chi connectivity index (χ3v) is 1.93. The van der Waals surface area contributed by atoms with Crippen molar-refractivity contribution in [3.05, 3.63) is 48.5 Å². The fourth-order valence-electron chi connectivity index (χ4n) is 1.19. The van der Waals surface area contributed by atoms with Crippen LogP contribution in [0.2, 0.25) is 0 Å². The van der Waals surface area contributed by atoms with E-state index in [1.54, 1.807) is 12.1 Å². The second-order valence-corrected chi connectivity index (χ2v) is 2.93. The molecule has 0 heterocycles. The van der Waals surface area contributed by atoms with Crippen LogP contribution in [0.4, 0.5) is 0 Å². The lowest BCUT2D eigenvalue weighted by molar-refractivity contribution is 0.474. The highest BCUT2D eigenvalue weighted by atomic mass is 16.3. The van der Waals surface area contributed by atoms with Crippen LogP contribution in [0, 0.1) is 0 Å². The van der Waals surface area contributed by atoms with Gasteiger partial charge in [-0.25, -0.2) is 0 Å². The molecular formula is C12H10O2. The minimum absolute atomic E-state index is 0.0390. The molecule has 2 aromatic rings. The van der Waals surface area contributed by atoms with Crippen molar-refractivity contribution < 1.29 is 13.0 Å². The molecule has 0 amide bonds. The topological polar surface area (TPSA) is 40.5 Å². The second-order valence-electron chi connectivity index (χ2n) is 2.93. The summed E-state index contributed by atoms with van der Waals surface area (Å²) in [5.41, 5.74) is 1.47. The molecule has 0 fully saturated rings. The number of benzene rings is 2. The molecule has 2 nitrogen and oxygen atoms in total. The first-order valence-corrected chi connectivity index (χ1v) is 4.17. The van der Waals surface area contributed by atoms with Gasteiger partial charge < -0.3 is 10.2 Å². The Kier molecular flexibility index (Phi) is 1.58. The maximum Gasteiger partial charge on any atom is 0.115 e. The first kappa shape index (κ1) is 6.49. The highest BCUT2D eigenvalue weighted by Gasteiger charge is 1.96. The van der Waals surface area contributed by atoms with Crippen LogP contribution in [0.25, 0.3) is 11.1 Å². The summed E-state index contributed by atoms with van der Waals surface area (Å²) in [5, 5.41) is 18.4. The predicted octanol–water partition coefficient (Wildman–Crippen LogP) is 2.76. The SMILES string of the molecule is [2H]c1cc(-c2ccc(O)c([2H])c2)ccc1O. The number of phenolic OH excluding ortho intramolecular Hbond substituents is 2. The molecular weight excluding hydrogens is 176 g/mol. The minimum atomic E-state index is -0.0753. The molecule has 2 heteroatoms. The van der Waals surface area contributed by atoms with Gasteiger partial charge >= 0.3 is 0 Å². The summed E-state index contributed by atoms with van der Waals surface area (Å²) in [6.45, 7) is 0. The van der Waals surface area contributed by atoms with Gasteiger partial charge in [0, 0.05) is 0 Å². The summed E-state index contributed by atoms with van der Waals surface area (Å²) >= 11 is 0. The largest absolute Gasteiger partial charge is 0.508 e. The molecule has 0 unspecified atom stereocenters. The van der Waals surface area contributed by atoms with Crippen molar-refractivity contribution in [2.24, 2.45) is 0 Å². The van der Waals surface area contributed by atoms with Gasteiger partial charge in [-0.15, -0.1) is 0 Å². The van der Waals surface area contributed by atoms with E-state index in [-0.39, 0.29) is 23.6 Å². The van der Waals surface area contributed by atoms with E-state index >= 15 is 0 Å². The molecule has 0 aliphatic heterocycles. The van der Waals surface area contributed by atoms with E-state index in [2.05, 4.69) is 0 Å². The van der Waals surface area contributed by atoms with Crippen LogP contribution in [-0.4, -0.2) is 10.2 Å². The zero-order valence-corrected chi connectivity index (χ0v) is 7.36. The van der Waals surface area contributed by atoms with Crippen LogP contribution in [-0.2, 0) is 0 Å². The average Bonchev–Trinajstić information content (AvgIpc) is 2.26. The van der Waals surface area contributed by atoms with Crippen molar-refractivity contribution >= 4 is 0 Å². The van der Waals surface area contributed by atoms with Crippen molar-refractivity contribution in [3.63, 3.8) is 0 Å². The molecule has 0 saturated carbocycles. The summed E-state index contributed by atoms with van der Waals surface area (Å²) in [5.74, 6) is -0.151. The summed E-state index contributed by atoms with van der Waals surface area (Å²) in [6, 6.07) is 9.32. The molecule has 0 aliphatic carbocycles. The van der Waals surface area contributed by atoms with Gasteiger partial charge in [-0.1, -0.05) is 24.3 Å². The number of hydrogen-bond acceptors (Lipinski definition) is 2. The Morgan fingerprint density at radius 3 is 1.50 bits per heavy atom. The summed E-state index contributed by atoms with van der Waals surface area (Å²) < 4.78 is 14.9. The Bertz CT molecular complexity index is 489. The van der Waals surface area contributed by atoms with Gasteiger partial charge in [-0.05, 0) is 35.3 Å². The summed E-state index contributed by atoms with van der Waals surface area (Å²) in [4.78, 5) is 0. The van der Waals surface area contributed by atoms with E-state index in [1.807, 2.05) is 0 Å². The van der Waals surface area contributed by atoms with Crippen molar-refractivity contribution in [1.82, 2.24) is 0 Å². The highest BCUT2D eigenvalue weighted by Crippen LogP contribution is 2.23. The fraction of sp³-hybridized carbons (Fsp3) is 0. The maximum atomic E-state index is 9.22. The van der Waals surface area contributed by atoms with Gasteiger partial charge in [0.25, 0.3) is 0 Å². The molecule has 0 spiro atoms. The molecule has 0 radical (unpaired) electrons. The number of aromatic hydroxyl groups is 2. The maximum absolute atomic E-state index is 9.22. The molecule has 2 N–H and O–H groups in total. The average molecular weight is 188 g/mol. The zero-order valence-electron chi connectivity index (χ0n) is 9.36. The second kappa shape index (κ2) is 3.42.